The lowest BCUT2D eigenvalue weighted by atomic mass is 10.1. The Labute approximate surface area is 148 Å². The molecule has 5 heteroatoms. The normalized spacial score (nSPS) is 11.8. The second-order valence-electron chi connectivity index (χ2n) is 5.73. The maximum atomic E-state index is 11.8. The van der Waals surface area contributed by atoms with Crippen molar-refractivity contribution in [3.8, 4) is 0 Å². The molecule has 0 heterocycles. The number of rotatable bonds is 8. The number of carbonyl (C=O) groups is 1. The highest BCUT2D eigenvalue weighted by atomic mass is 35.5. The number of amides is 1. The lowest BCUT2D eigenvalue weighted by Gasteiger charge is -2.17. The minimum atomic E-state index is -0.000297. The van der Waals surface area contributed by atoms with Gasteiger partial charge in [-0.25, -0.2) is 0 Å². The van der Waals surface area contributed by atoms with Crippen molar-refractivity contribution in [2.75, 3.05) is 24.2 Å². The minimum absolute atomic E-state index is 0.000297. The molecule has 0 saturated heterocycles. The van der Waals surface area contributed by atoms with Crippen molar-refractivity contribution >= 4 is 28.9 Å². The molecule has 0 aliphatic heterocycles. The fourth-order valence-electron chi connectivity index (χ4n) is 2.42. The van der Waals surface area contributed by atoms with Crippen molar-refractivity contribution in [2.45, 2.75) is 25.8 Å². The fraction of sp³-hybridized carbons (Fsp3) is 0.316. The third kappa shape index (κ3) is 5.55. The van der Waals surface area contributed by atoms with Gasteiger partial charge in [-0.05, 0) is 50.7 Å². The van der Waals surface area contributed by atoms with Gasteiger partial charge >= 0.3 is 0 Å². The van der Waals surface area contributed by atoms with Gasteiger partial charge in [-0.15, -0.1) is 0 Å². The minimum Gasteiger partial charge on any atom is -0.377 e. The molecule has 2 aromatic carbocycles. The van der Waals surface area contributed by atoms with Gasteiger partial charge < -0.3 is 16.0 Å². The second kappa shape index (κ2) is 9.30. The maximum absolute atomic E-state index is 11.8. The quantitative estimate of drug-likeness (QED) is 0.619. The smallest absolute Gasteiger partial charge is 0.224 e. The van der Waals surface area contributed by atoms with Crippen molar-refractivity contribution in [1.82, 2.24) is 5.32 Å². The number of benzene rings is 2. The van der Waals surface area contributed by atoms with E-state index in [2.05, 4.69) is 35.0 Å². The van der Waals surface area contributed by atoms with E-state index in [0.29, 0.717) is 17.1 Å². The molecule has 0 spiro atoms. The topological polar surface area (TPSA) is 53.2 Å². The van der Waals surface area contributed by atoms with Gasteiger partial charge in [0.2, 0.25) is 5.91 Å². The zero-order valence-corrected chi connectivity index (χ0v) is 14.9. The first-order valence-corrected chi connectivity index (χ1v) is 8.53. The predicted molar refractivity (Wildman–Crippen MR) is 102 cm³/mol. The van der Waals surface area contributed by atoms with Gasteiger partial charge in [-0.2, -0.15) is 0 Å². The summed E-state index contributed by atoms with van der Waals surface area (Å²) >= 11 is 6.35. The Bertz CT molecular complexity index is 661. The van der Waals surface area contributed by atoms with E-state index in [1.807, 2.05) is 37.4 Å². The first-order chi connectivity index (χ1) is 11.6. The molecule has 0 bridgehead atoms. The molecular formula is C19H24ClN3O. The van der Waals surface area contributed by atoms with E-state index in [1.54, 1.807) is 6.07 Å². The molecular weight excluding hydrogens is 322 g/mol. The van der Waals surface area contributed by atoms with Crippen LogP contribution in [0.1, 0.15) is 31.4 Å². The van der Waals surface area contributed by atoms with Crippen LogP contribution in [0.15, 0.2) is 48.5 Å². The van der Waals surface area contributed by atoms with Gasteiger partial charge in [0, 0.05) is 18.2 Å². The highest BCUT2D eigenvalue weighted by Gasteiger charge is 2.09. The molecule has 128 valence electrons. The SMILES string of the molecule is CNCCCC(=O)Nc1ccc(NC(C)c2ccccc2)c(Cl)c1. The molecule has 2 aromatic rings. The number of carbonyl (C=O) groups excluding carboxylic acids is 1. The molecule has 0 saturated carbocycles. The fourth-order valence-corrected chi connectivity index (χ4v) is 2.65. The van der Waals surface area contributed by atoms with Crippen molar-refractivity contribution in [3.05, 3.63) is 59.1 Å². The largest absolute Gasteiger partial charge is 0.377 e. The van der Waals surface area contributed by atoms with Gasteiger partial charge in [0.15, 0.2) is 0 Å². The van der Waals surface area contributed by atoms with Gasteiger partial charge in [-0.1, -0.05) is 41.9 Å². The van der Waals surface area contributed by atoms with Crippen LogP contribution in [-0.4, -0.2) is 19.5 Å². The molecule has 1 amide bonds. The summed E-state index contributed by atoms with van der Waals surface area (Å²) in [7, 11) is 1.87. The number of halogens is 1. The van der Waals surface area contributed by atoms with Crippen LogP contribution in [0.4, 0.5) is 11.4 Å². The summed E-state index contributed by atoms with van der Waals surface area (Å²) in [5.41, 5.74) is 2.75. The summed E-state index contributed by atoms with van der Waals surface area (Å²) in [5.74, 6) is -0.000297. The van der Waals surface area contributed by atoms with Gasteiger partial charge in [0.1, 0.15) is 0 Å². The molecule has 2 rings (SSSR count). The third-order valence-corrected chi connectivity index (χ3v) is 4.07. The lowest BCUT2D eigenvalue weighted by molar-refractivity contribution is -0.116. The average molecular weight is 346 g/mol. The third-order valence-electron chi connectivity index (χ3n) is 3.76. The molecule has 4 nitrogen and oxygen atoms in total. The zero-order valence-electron chi connectivity index (χ0n) is 14.1. The van der Waals surface area contributed by atoms with Crippen LogP contribution in [0.2, 0.25) is 5.02 Å². The van der Waals surface area contributed by atoms with E-state index in [0.717, 1.165) is 18.7 Å². The van der Waals surface area contributed by atoms with Crippen molar-refractivity contribution in [1.29, 1.82) is 0 Å². The molecule has 0 aliphatic rings. The molecule has 0 fully saturated rings. The molecule has 0 radical (unpaired) electrons. The van der Waals surface area contributed by atoms with Crippen LogP contribution in [-0.2, 0) is 4.79 Å². The van der Waals surface area contributed by atoms with Crippen LogP contribution in [0, 0.1) is 0 Å². The summed E-state index contributed by atoms with van der Waals surface area (Å²) in [5, 5.41) is 9.89. The highest BCUT2D eigenvalue weighted by molar-refractivity contribution is 6.33. The Morgan fingerprint density at radius 1 is 1.17 bits per heavy atom. The molecule has 0 aliphatic carbocycles. The van der Waals surface area contributed by atoms with Gasteiger partial charge in [0.05, 0.1) is 10.7 Å². The number of hydrogen-bond donors (Lipinski definition) is 3. The Morgan fingerprint density at radius 3 is 2.58 bits per heavy atom. The number of hydrogen-bond acceptors (Lipinski definition) is 3. The molecule has 1 atom stereocenters. The Hall–Kier alpha value is -2.04. The van der Waals surface area contributed by atoms with Gasteiger partial charge in [-0.3, -0.25) is 4.79 Å². The molecule has 3 N–H and O–H groups in total. The zero-order chi connectivity index (χ0) is 17.4. The average Bonchev–Trinajstić information content (AvgIpc) is 2.58. The standard InChI is InChI=1S/C19H24ClN3O/c1-14(15-7-4-3-5-8-15)22-18-11-10-16(13-17(18)20)23-19(24)9-6-12-21-2/h3-5,7-8,10-11,13-14,21-22H,6,9,12H2,1-2H3,(H,23,24). The van der Waals surface area contributed by atoms with E-state index in [4.69, 9.17) is 11.6 Å². The summed E-state index contributed by atoms with van der Waals surface area (Å²) < 4.78 is 0. The summed E-state index contributed by atoms with van der Waals surface area (Å²) in [6, 6.07) is 15.9. The van der Waals surface area contributed by atoms with E-state index in [1.165, 1.54) is 5.56 Å². The summed E-state index contributed by atoms with van der Waals surface area (Å²) in [4.78, 5) is 11.8. The van der Waals surface area contributed by atoms with Gasteiger partial charge in [0.25, 0.3) is 0 Å². The molecule has 24 heavy (non-hydrogen) atoms. The molecule has 1 unspecified atom stereocenters. The van der Waals surface area contributed by atoms with Crippen LogP contribution >= 0.6 is 11.6 Å². The van der Waals surface area contributed by atoms with Crippen molar-refractivity contribution in [3.63, 3.8) is 0 Å². The second-order valence-corrected chi connectivity index (χ2v) is 6.13. The summed E-state index contributed by atoms with van der Waals surface area (Å²) in [6.45, 7) is 2.91. The summed E-state index contributed by atoms with van der Waals surface area (Å²) in [6.07, 6.45) is 1.30. The van der Waals surface area contributed by atoms with Crippen molar-refractivity contribution in [2.24, 2.45) is 0 Å². The monoisotopic (exact) mass is 345 g/mol. The van der Waals surface area contributed by atoms with E-state index in [-0.39, 0.29) is 11.9 Å². The predicted octanol–water partition coefficient (Wildman–Crippen LogP) is 4.45. The Kier molecular flexibility index (Phi) is 7.09. The van der Waals surface area contributed by atoms with Crippen LogP contribution in [0.5, 0.6) is 0 Å². The van der Waals surface area contributed by atoms with Crippen LogP contribution < -0.4 is 16.0 Å². The van der Waals surface area contributed by atoms with E-state index >= 15 is 0 Å². The van der Waals surface area contributed by atoms with E-state index < -0.39 is 0 Å². The number of nitrogens with one attached hydrogen (secondary N) is 3. The van der Waals surface area contributed by atoms with Crippen molar-refractivity contribution < 1.29 is 4.79 Å². The number of anilines is 2. The Balaban J connectivity index is 1.95. The Morgan fingerprint density at radius 2 is 1.92 bits per heavy atom. The first kappa shape index (κ1) is 18.3. The highest BCUT2D eigenvalue weighted by Crippen LogP contribution is 2.29. The van der Waals surface area contributed by atoms with Crippen LogP contribution in [0.25, 0.3) is 0 Å². The maximum Gasteiger partial charge on any atom is 0.224 e. The van der Waals surface area contributed by atoms with Crippen LogP contribution in [0.3, 0.4) is 0 Å². The lowest BCUT2D eigenvalue weighted by Crippen LogP contribution is -2.15. The molecule has 0 aromatic heterocycles. The first-order valence-electron chi connectivity index (χ1n) is 8.15. The van der Waals surface area contributed by atoms with E-state index in [9.17, 15) is 4.79 Å².